The Kier molecular flexibility index (Phi) is 5.88. The minimum absolute atomic E-state index is 0.000988. The Morgan fingerprint density at radius 1 is 0.971 bits per heavy atom. The van der Waals surface area contributed by atoms with Crippen molar-refractivity contribution in [3.63, 3.8) is 0 Å². The molecule has 2 heterocycles. The van der Waals surface area contributed by atoms with Crippen LogP contribution < -0.4 is 9.46 Å². The van der Waals surface area contributed by atoms with Crippen LogP contribution in [0.15, 0.2) is 47.5 Å². The monoisotopic (exact) mass is 505 g/mol. The van der Waals surface area contributed by atoms with E-state index in [-0.39, 0.29) is 22.3 Å². The van der Waals surface area contributed by atoms with Crippen LogP contribution in [-0.4, -0.2) is 25.2 Å². The summed E-state index contributed by atoms with van der Waals surface area (Å²) in [5, 5.41) is 4.22. The number of nitrogens with one attached hydrogen (secondary N) is 1. The van der Waals surface area contributed by atoms with Crippen molar-refractivity contribution in [3.8, 4) is 22.6 Å². The number of ether oxygens (including phenoxy) is 1. The molecule has 0 saturated heterocycles. The molecule has 4 rings (SSSR count). The van der Waals surface area contributed by atoms with Crippen LogP contribution in [0, 0.1) is 0 Å². The normalized spacial score (nSPS) is 14.3. The van der Waals surface area contributed by atoms with Crippen molar-refractivity contribution in [1.82, 2.24) is 14.5 Å². The number of halogens is 6. The Hall–Kier alpha value is -3.06. The third kappa shape index (κ3) is 4.62. The van der Waals surface area contributed by atoms with E-state index in [1.54, 1.807) is 4.68 Å². The Morgan fingerprint density at radius 3 is 2.21 bits per heavy atom. The number of benzene rings is 2. The number of aryl methyl sites for hydroxylation is 1. The van der Waals surface area contributed by atoms with Gasteiger partial charge in [0, 0.05) is 23.4 Å². The first-order chi connectivity index (χ1) is 15.8. The molecule has 34 heavy (non-hydrogen) atoms. The predicted molar refractivity (Wildman–Crippen MR) is 109 cm³/mol. The lowest BCUT2D eigenvalue weighted by Crippen LogP contribution is -2.18. The van der Waals surface area contributed by atoms with E-state index in [4.69, 9.17) is 4.74 Å². The summed E-state index contributed by atoms with van der Waals surface area (Å²) < 4.78 is 113. The zero-order valence-corrected chi connectivity index (χ0v) is 18.3. The molecule has 2 aromatic carbocycles. The number of fused-ring (bicyclic) bond motifs is 1. The molecular weight excluding hydrogens is 488 g/mol. The van der Waals surface area contributed by atoms with Crippen LogP contribution in [0.2, 0.25) is 0 Å². The molecule has 1 aliphatic rings. The molecule has 0 fully saturated rings. The van der Waals surface area contributed by atoms with Crippen LogP contribution >= 0.6 is 0 Å². The van der Waals surface area contributed by atoms with E-state index in [0.29, 0.717) is 30.7 Å². The van der Waals surface area contributed by atoms with Gasteiger partial charge in [-0.3, -0.25) is 4.68 Å². The molecule has 1 aliphatic heterocycles. The van der Waals surface area contributed by atoms with Crippen molar-refractivity contribution in [1.29, 1.82) is 0 Å². The number of alkyl halides is 6. The molecule has 0 bridgehead atoms. The van der Waals surface area contributed by atoms with Gasteiger partial charge in [-0.25, -0.2) is 13.1 Å². The highest BCUT2D eigenvalue weighted by atomic mass is 32.2. The van der Waals surface area contributed by atoms with E-state index in [2.05, 4.69) is 9.82 Å². The minimum atomic E-state index is -5.04. The number of sulfonamides is 1. The summed E-state index contributed by atoms with van der Waals surface area (Å²) >= 11 is 0. The fraction of sp³-hybridized carbons (Fsp3) is 0.286. The third-order valence-corrected chi connectivity index (χ3v) is 6.75. The highest BCUT2D eigenvalue weighted by molar-refractivity contribution is 7.89. The Morgan fingerprint density at radius 2 is 1.62 bits per heavy atom. The van der Waals surface area contributed by atoms with Gasteiger partial charge in [0.25, 0.3) is 0 Å². The van der Waals surface area contributed by atoms with Crippen LogP contribution in [0.4, 0.5) is 26.3 Å². The summed E-state index contributed by atoms with van der Waals surface area (Å²) in [6.45, 7) is 0.628. The minimum Gasteiger partial charge on any atom is -0.457 e. The van der Waals surface area contributed by atoms with E-state index in [1.165, 1.54) is 25.4 Å². The van der Waals surface area contributed by atoms with E-state index in [9.17, 15) is 34.8 Å². The summed E-state index contributed by atoms with van der Waals surface area (Å²) in [6, 6.07) is 4.49. The van der Waals surface area contributed by atoms with Gasteiger partial charge in [0.05, 0.1) is 22.2 Å². The fourth-order valence-electron chi connectivity index (χ4n) is 3.69. The maximum Gasteiger partial charge on any atom is 0.416 e. The van der Waals surface area contributed by atoms with Gasteiger partial charge < -0.3 is 4.74 Å². The predicted octanol–water partition coefficient (Wildman–Crippen LogP) is 5.23. The van der Waals surface area contributed by atoms with Gasteiger partial charge in [0.15, 0.2) is 0 Å². The number of hydrogen-bond acceptors (Lipinski definition) is 4. The van der Waals surface area contributed by atoms with Gasteiger partial charge in [-0.2, -0.15) is 31.4 Å². The molecule has 6 nitrogen and oxygen atoms in total. The van der Waals surface area contributed by atoms with Crippen LogP contribution in [0.25, 0.3) is 11.1 Å². The molecule has 1 aromatic heterocycles. The van der Waals surface area contributed by atoms with Crippen molar-refractivity contribution in [2.24, 2.45) is 0 Å². The summed E-state index contributed by atoms with van der Waals surface area (Å²) in [7, 11) is -2.69. The SMILES string of the molecule is CNS(=O)(=O)c1ccc(Oc2cc(C(F)(F)F)cc(C(F)(F)F)c2)c(-c2cnn3c2CCC3)c1. The molecule has 13 heteroatoms. The van der Waals surface area contributed by atoms with Crippen LogP contribution in [-0.2, 0) is 35.3 Å². The van der Waals surface area contributed by atoms with Crippen molar-refractivity contribution in [3.05, 3.63) is 59.4 Å². The molecule has 0 amide bonds. The summed E-state index contributed by atoms with van der Waals surface area (Å²) in [4.78, 5) is -0.157. The Balaban J connectivity index is 1.87. The number of aromatic nitrogens is 2. The van der Waals surface area contributed by atoms with E-state index in [0.717, 1.165) is 18.2 Å². The maximum absolute atomic E-state index is 13.2. The first kappa shape index (κ1) is 24.1. The van der Waals surface area contributed by atoms with E-state index >= 15 is 0 Å². The van der Waals surface area contributed by atoms with Gasteiger partial charge in [0.2, 0.25) is 10.0 Å². The summed E-state index contributed by atoms with van der Waals surface area (Å²) in [6.07, 6.45) is -7.23. The lowest BCUT2D eigenvalue weighted by molar-refractivity contribution is -0.143. The second-order valence-electron chi connectivity index (χ2n) is 7.54. The van der Waals surface area contributed by atoms with Gasteiger partial charge in [0.1, 0.15) is 11.5 Å². The third-order valence-electron chi connectivity index (χ3n) is 5.34. The summed E-state index contributed by atoms with van der Waals surface area (Å²) in [5.41, 5.74) is -1.66. The van der Waals surface area contributed by atoms with Gasteiger partial charge in [-0.05, 0) is 56.3 Å². The molecule has 0 aliphatic carbocycles. The summed E-state index contributed by atoms with van der Waals surface area (Å²) in [5.74, 6) is -0.818. The quantitative estimate of drug-likeness (QED) is 0.482. The zero-order chi connectivity index (χ0) is 24.9. The highest BCUT2D eigenvalue weighted by Gasteiger charge is 2.37. The fourth-order valence-corrected chi connectivity index (χ4v) is 4.45. The number of hydrogen-bond donors (Lipinski definition) is 1. The number of rotatable bonds is 5. The molecule has 3 aromatic rings. The molecule has 0 spiro atoms. The van der Waals surface area contributed by atoms with Crippen LogP contribution in [0.3, 0.4) is 0 Å². The van der Waals surface area contributed by atoms with Gasteiger partial charge >= 0.3 is 12.4 Å². The lowest BCUT2D eigenvalue weighted by atomic mass is 10.0. The molecule has 0 saturated carbocycles. The molecule has 182 valence electrons. The number of nitrogens with zero attached hydrogens (tertiary/aromatic N) is 2. The van der Waals surface area contributed by atoms with Gasteiger partial charge in [-0.1, -0.05) is 0 Å². The topological polar surface area (TPSA) is 73.2 Å². The van der Waals surface area contributed by atoms with Crippen LogP contribution in [0.5, 0.6) is 11.5 Å². The van der Waals surface area contributed by atoms with Crippen LogP contribution in [0.1, 0.15) is 23.2 Å². The van der Waals surface area contributed by atoms with Crippen molar-refractivity contribution in [2.45, 2.75) is 36.6 Å². The van der Waals surface area contributed by atoms with Crippen molar-refractivity contribution < 1.29 is 39.5 Å². The Bertz CT molecular complexity index is 1310. The molecule has 0 unspecified atom stereocenters. The second-order valence-corrected chi connectivity index (χ2v) is 9.43. The first-order valence-corrected chi connectivity index (χ1v) is 11.4. The van der Waals surface area contributed by atoms with E-state index < -0.39 is 39.3 Å². The van der Waals surface area contributed by atoms with Gasteiger partial charge in [-0.15, -0.1) is 0 Å². The smallest absolute Gasteiger partial charge is 0.416 e. The average Bonchev–Trinajstić information content (AvgIpc) is 3.36. The average molecular weight is 505 g/mol. The molecular formula is C21H17F6N3O3S. The zero-order valence-electron chi connectivity index (χ0n) is 17.5. The molecule has 1 N–H and O–H groups in total. The highest BCUT2D eigenvalue weighted by Crippen LogP contribution is 2.42. The van der Waals surface area contributed by atoms with Crippen molar-refractivity contribution >= 4 is 10.0 Å². The standard InChI is InChI=1S/C21H17F6N3O3S/c1-28-34(31,32)15-4-5-19(16(10-15)17-11-29-30-6-2-3-18(17)30)33-14-8-12(20(22,23)24)7-13(9-14)21(25,26)27/h4-5,7-11,28H,2-3,6H2,1H3. The molecule has 0 atom stereocenters. The lowest BCUT2D eigenvalue weighted by Gasteiger charge is -2.17. The first-order valence-electron chi connectivity index (χ1n) is 9.89. The second kappa shape index (κ2) is 8.31. The Labute approximate surface area is 190 Å². The molecule has 0 radical (unpaired) electrons. The largest absolute Gasteiger partial charge is 0.457 e. The van der Waals surface area contributed by atoms with Crippen molar-refractivity contribution in [2.75, 3.05) is 7.05 Å². The van der Waals surface area contributed by atoms with E-state index in [1.807, 2.05) is 0 Å². The maximum atomic E-state index is 13.2.